The summed E-state index contributed by atoms with van der Waals surface area (Å²) in [5.41, 5.74) is -1.37. The van der Waals surface area contributed by atoms with E-state index in [1.54, 1.807) is 0 Å². The van der Waals surface area contributed by atoms with Gasteiger partial charge in [-0.05, 0) is 24.8 Å². The van der Waals surface area contributed by atoms with Gasteiger partial charge in [0.15, 0.2) is 0 Å². The van der Waals surface area contributed by atoms with Crippen molar-refractivity contribution in [2.75, 3.05) is 17.3 Å². The molecule has 0 aliphatic rings. The number of nitrogens with one attached hydrogen (secondary N) is 1. The summed E-state index contributed by atoms with van der Waals surface area (Å²) in [4.78, 5) is 14.5. The normalized spacial score (nSPS) is 13.1. The van der Waals surface area contributed by atoms with Crippen LogP contribution in [0.1, 0.15) is 29.4 Å². The van der Waals surface area contributed by atoms with Crippen LogP contribution < -0.4 is 5.32 Å². The third-order valence-corrected chi connectivity index (χ3v) is 3.35. The van der Waals surface area contributed by atoms with Crippen molar-refractivity contribution in [2.45, 2.75) is 25.6 Å². The Hall–Kier alpha value is -1.44. The van der Waals surface area contributed by atoms with E-state index >= 15 is 0 Å². The number of aromatic carboxylic acids is 1. The van der Waals surface area contributed by atoms with Gasteiger partial charge in [0.1, 0.15) is 17.1 Å². The van der Waals surface area contributed by atoms with E-state index in [0.717, 1.165) is 6.07 Å². The first kappa shape index (κ1) is 16.6. The van der Waals surface area contributed by atoms with Crippen LogP contribution in [-0.2, 0) is 6.18 Å². The first-order chi connectivity index (χ1) is 9.29. The van der Waals surface area contributed by atoms with Crippen molar-refractivity contribution in [1.82, 2.24) is 4.98 Å². The van der Waals surface area contributed by atoms with Crippen LogP contribution in [0, 0.1) is 0 Å². The van der Waals surface area contributed by atoms with Gasteiger partial charge in [0.2, 0.25) is 0 Å². The predicted octanol–water partition coefficient (Wildman–Crippen LogP) is 3.35. The zero-order chi connectivity index (χ0) is 15.3. The quantitative estimate of drug-likeness (QED) is 0.844. The lowest BCUT2D eigenvalue weighted by Gasteiger charge is -2.18. The van der Waals surface area contributed by atoms with E-state index in [1.165, 1.54) is 11.8 Å². The molecule has 1 aromatic heterocycles. The summed E-state index contributed by atoms with van der Waals surface area (Å²) in [5, 5.41) is 11.8. The highest BCUT2D eigenvalue weighted by Gasteiger charge is 2.33. The summed E-state index contributed by atoms with van der Waals surface area (Å²) < 4.78 is 37.9. The van der Waals surface area contributed by atoms with Gasteiger partial charge in [0, 0.05) is 11.8 Å². The molecule has 1 aromatic rings. The van der Waals surface area contributed by atoms with Gasteiger partial charge in [0.25, 0.3) is 0 Å². The van der Waals surface area contributed by atoms with Gasteiger partial charge >= 0.3 is 12.1 Å². The van der Waals surface area contributed by atoms with Gasteiger partial charge in [-0.3, -0.25) is 0 Å². The van der Waals surface area contributed by atoms with E-state index in [1.807, 2.05) is 13.2 Å². The van der Waals surface area contributed by atoms with Crippen LogP contribution in [0.25, 0.3) is 0 Å². The van der Waals surface area contributed by atoms with Gasteiger partial charge in [-0.25, -0.2) is 9.78 Å². The first-order valence-corrected chi connectivity index (χ1v) is 7.26. The van der Waals surface area contributed by atoms with E-state index in [4.69, 9.17) is 5.11 Å². The maximum absolute atomic E-state index is 12.6. The van der Waals surface area contributed by atoms with Crippen LogP contribution in [-0.4, -0.2) is 34.1 Å². The lowest BCUT2D eigenvalue weighted by Crippen LogP contribution is -2.24. The number of alkyl halides is 3. The molecule has 20 heavy (non-hydrogen) atoms. The summed E-state index contributed by atoms with van der Waals surface area (Å²) >= 11 is 1.52. The number of carboxylic acid groups (broad SMARTS) is 1. The zero-order valence-corrected chi connectivity index (χ0v) is 11.8. The summed E-state index contributed by atoms with van der Waals surface area (Å²) in [5.74, 6) is -0.908. The number of carbonyl (C=O) groups is 1. The van der Waals surface area contributed by atoms with Gasteiger partial charge in [-0.15, -0.1) is 0 Å². The van der Waals surface area contributed by atoms with Crippen molar-refractivity contribution < 1.29 is 23.1 Å². The minimum atomic E-state index is -4.60. The fourth-order valence-electron chi connectivity index (χ4n) is 1.56. The molecule has 0 saturated heterocycles. The first-order valence-electron chi connectivity index (χ1n) is 5.86. The Morgan fingerprint density at radius 1 is 1.50 bits per heavy atom. The number of aromatic nitrogens is 1. The highest BCUT2D eigenvalue weighted by Crippen LogP contribution is 2.29. The Kier molecular flexibility index (Phi) is 5.67. The molecule has 0 aromatic carbocycles. The van der Waals surface area contributed by atoms with E-state index < -0.39 is 17.8 Å². The van der Waals surface area contributed by atoms with Crippen molar-refractivity contribution in [1.29, 1.82) is 0 Å². The molecule has 0 spiro atoms. The molecule has 1 atom stereocenters. The standard InChI is InChI=1S/C12H15F3N2O2S/c1-3-7(6-20-2)16-10-8(11(18)19)4-5-9(17-10)12(13,14)15/h4-5,7H,3,6H2,1-2H3,(H,16,17)(H,18,19). The number of hydrogen-bond donors (Lipinski definition) is 2. The van der Waals surface area contributed by atoms with Crippen LogP contribution >= 0.6 is 11.8 Å². The smallest absolute Gasteiger partial charge is 0.433 e. The second-order valence-electron chi connectivity index (χ2n) is 4.10. The Morgan fingerprint density at radius 3 is 2.60 bits per heavy atom. The Morgan fingerprint density at radius 2 is 2.15 bits per heavy atom. The topological polar surface area (TPSA) is 62.2 Å². The molecule has 0 aliphatic heterocycles. The molecule has 0 radical (unpaired) electrons. The van der Waals surface area contributed by atoms with Gasteiger partial charge in [0.05, 0.1) is 0 Å². The second kappa shape index (κ2) is 6.83. The fraction of sp³-hybridized carbons (Fsp3) is 0.500. The molecular weight excluding hydrogens is 293 g/mol. The van der Waals surface area contributed by atoms with Crippen LogP contribution in [0.2, 0.25) is 0 Å². The van der Waals surface area contributed by atoms with E-state index in [-0.39, 0.29) is 17.4 Å². The van der Waals surface area contributed by atoms with Crippen LogP contribution in [0.15, 0.2) is 12.1 Å². The highest BCUT2D eigenvalue weighted by molar-refractivity contribution is 7.98. The zero-order valence-electron chi connectivity index (χ0n) is 11.0. The molecule has 0 bridgehead atoms. The van der Waals surface area contributed by atoms with Crippen LogP contribution in [0.3, 0.4) is 0 Å². The average Bonchev–Trinajstić information content (AvgIpc) is 2.36. The van der Waals surface area contributed by atoms with Crippen molar-refractivity contribution in [3.8, 4) is 0 Å². The molecule has 1 heterocycles. The maximum atomic E-state index is 12.6. The van der Waals surface area contributed by atoms with Crippen LogP contribution in [0.5, 0.6) is 0 Å². The number of hydrogen-bond acceptors (Lipinski definition) is 4. The molecule has 0 fully saturated rings. The number of pyridine rings is 1. The van der Waals surface area contributed by atoms with Crippen molar-refractivity contribution in [2.24, 2.45) is 0 Å². The summed E-state index contributed by atoms with van der Waals surface area (Å²) in [6.45, 7) is 1.86. The predicted molar refractivity (Wildman–Crippen MR) is 72.3 cm³/mol. The minimum Gasteiger partial charge on any atom is -0.478 e. The molecular formula is C12H15F3N2O2S. The minimum absolute atomic E-state index is 0.140. The number of carboxylic acids is 1. The van der Waals surface area contributed by atoms with Crippen molar-refractivity contribution >= 4 is 23.5 Å². The third-order valence-electron chi connectivity index (χ3n) is 2.62. The van der Waals surface area contributed by atoms with Gasteiger partial charge in [-0.2, -0.15) is 24.9 Å². The summed E-state index contributed by atoms with van der Waals surface area (Å²) in [7, 11) is 0. The molecule has 1 rings (SSSR count). The lowest BCUT2D eigenvalue weighted by molar-refractivity contribution is -0.141. The average molecular weight is 308 g/mol. The number of thioether (sulfide) groups is 1. The Balaban J connectivity index is 3.15. The van der Waals surface area contributed by atoms with E-state index in [9.17, 15) is 18.0 Å². The van der Waals surface area contributed by atoms with Gasteiger partial charge < -0.3 is 10.4 Å². The van der Waals surface area contributed by atoms with Crippen molar-refractivity contribution in [3.05, 3.63) is 23.4 Å². The lowest BCUT2D eigenvalue weighted by atomic mass is 10.2. The Bertz CT molecular complexity index is 480. The van der Waals surface area contributed by atoms with E-state index in [2.05, 4.69) is 10.3 Å². The SMILES string of the molecule is CCC(CSC)Nc1nc(C(F)(F)F)ccc1C(=O)O. The molecule has 0 saturated carbocycles. The monoisotopic (exact) mass is 308 g/mol. The van der Waals surface area contributed by atoms with Crippen molar-refractivity contribution in [3.63, 3.8) is 0 Å². The molecule has 0 aliphatic carbocycles. The maximum Gasteiger partial charge on any atom is 0.433 e. The number of rotatable bonds is 6. The summed E-state index contributed by atoms with van der Waals surface area (Å²) in [6.07, 6.45) is -2.09. The number of nitrogens with zero attached hydrogens (tertiary/aromatic N) is 1. The Labute approximate surface area is 118 Å². The third kappa shape index (κ3) is 4.29. The van der Waals surface area contributed by atoms with Gasteiger partial charge in [-0.1, -0.05) is 6.92 Å². The highest BCUT2D eigenvalue weighted by atomic mass is 32.2. The largest absolute Gasteiger partial charge is 0.478 e. The molecule has 4 nitrogen and oxygen atoms in total. The number of anilines is 1. The second-order valence-corrected chi connectivity index (χ2v) is 5.01. The number of halogens is 3. The molecule has 2 N–H and O–H groups in total. The molecule has 8 heteroatoms. The summed E-state index contributed by atoms with van der Waals surface area (Å²) in [6, 6.07) is 1.45. The molecule has 112 valence electrons. The molecule has 1 unspecified atom stereocenters. The fourth-order valence-corrected chi connectivity index (χ4v) is 2.28. The van der Waals surface area contributed by atoms with Crippen LogP contribution in [0.4, 0.5) is 19.0 Å². The van der Waals surface area contributed by atoms with E-state index in [0.29, 0.717) is 18.2 Å². The molecule has 0 amide bonds.